The van der Waals surface area contributed by atoms with Crippen LogP contribution < -0.4 is 5.32 Å². The molecule has 1 N–H and O–H groups in total. The fourth-order valence-corrected chi connectivity index (χ4v) is 2.87. The van der Waals surface area contributed by atoms with Crippen LogP contribution in [0.4, 0.5) is 10.1 Å². The summed E-state index contributed by atoms with van der Waals surface area (Å²) < 4.78 is 14.1. The van der Waals surface area contributed by atoms with E-state index in [9.17, 15) is 9.18 Å². The third kappa shape index (κ3) is 2.42. The van der Waals surface area contributed by atoms with Crippen LogP contribution in [0.1, 0.15) is 30.5 Å². The summed E-state index contributed by atoms with van der Waals surface area (Å²) in [5, 5.41) is 2.91. The number of halogens is 1. The Bertz CT molecular complexity index is 680. The van der Waals surface area contributed by atoms with E-state index in [-0.39, 0.29) is 11.7 Å². The molecule has 4 heteroatoms. The average molecular weight is 284 g/mol. The molecule has 2 aromatic rings. The molecule has 1 saturated carbocycles. The van der Waals surface area contributed by atoms with E-state index in [1.165, 1.54) is 6.07 Å². The first-order chi connectivity index (χ1) is 10.1. The number of hydrogen-bond acceptors (Lipinski definition) is 2. The van der Waals surface area contributed by atoms with E-state index < -0.39 is 5.41 Å². The zero-order chi connectivity index (χ0) is 14.9. The van der Waals surface area contributed by atoms with Gasteiger partial charge in [0.1, 0.15) is 5.82 Å². The summed E-state index contributed by atoms with van der Waals surface area (Å²) in [4.78, 5) is 16.8. The van der Waals surface area contributed by atoms with Gasteiger partial charge in [-0.1, -0.05) is 24.6 Å². The first kappa shape index (κ1) is 13.7. The predicted molar refractivity (Wildman–Crippen MR) is 79.5 cm³/mol. The highest BCUT2D eigenvalue weighted by molar-refractivity contribution is 6.00. The zero-order valence-electron chi connectivity index (χ0n) is 11.9. The molecule has 1 aliphatic rings. The van der Waals surface area contributed by atoms with Crippen LogP contribution >= 0.6 is 0 Å². The van der Waals surface area contributed by atoms with Gasteiger partial charge < -0.3 is 5.32 Å². The van der Waals surface area contributed by atoms with Crippen LogP contribution in [0.25, 0.3) is 0 Å². The molecular weight excluding hydrogens is 267 g/mol. The van der Waals surface area contributed by atoms with Crippen molar-refractivity contribution < 1.29 is 9.18 Å². The maximum absolute atomic E-state index is 14.1. The van der Waals surface area contributed by atoms with Crippen molar-refractivity contribution in [2.75, 3.05) is 5.32 Å². The zero-order valence-corrected chi connectivity index (χ0v) is 11.9. The van der Waals surface area contributed by atoms with Gasteiger partial charge in [0.15, 0.2) is 0 Å². The second-order valence-corrected chi connectivity index (χ2v) is 5.56. The number of rotatable bonds is 3. The van der Waals surface area contributed by atoms with Crippen molar-refractivity contribution in [2.45, 2.75) is 31.6 Å². The summed E-state index contributed by atoms with van der Waals surface area (Å²) in [6.45, 7) is 1.87. The minimum Gasteiger partial charge on any atom is -0.325 e. The number of nitrogens with one attached hydrogen (secondary N) is 1. The molecular formula is C17H17FN2O. The summed E-state index contributed by atoms with van der Waals surface area (Å²) in [7, 11) is 0. The number of carbonyl (C=O) groups is 1. The lowest BCUT2D eigenvalue weighted by Crippen LogP contribution is -2.46. The second kappa shape index (κ2) is 5.28. The highest BCUT2D eigenvalue weighted by Crippen LogP contribution is 2.45. The van der Waals surface area contributed by atoms with E-state index in [0.29, 0.717) is 24.1 Å². The van der Waals surface area contributed by atoms with Crippen molar-refractivity contribution in [2.24, 2.45) is 0 Å². The number of nitrogens with zero attached hydrogens (tertiary/aromatic N) is 1. The van der Waals surface area contributed by atoms with Gasteiger partial charge in [-0.25, -0.2) is 4.39 Å². The van der Waals surface area contributed by atoms with Crippen molar-refractivity contribution >= 4 is 11.6 Å². The Labute approximate surface area is 123 Å². The summed E-state index contributed by atoms with van der Waals surface area (Å²) in [6, 6.07) is 10.1. The first-order valence-corrected chi connectivity index (χ1v) is 7.11. The van der Waals surface area contributed by atoms with E-state index >= 15 is 0 Å². The van der Waals surface area contributed by atoms with Gasteiger partial charge in [-0.3, -0.25) is 9.78 Å². The summed E-state index contributed by atoms with van der Waals surface area (Å²) >= 11 is 0. The molecule has 0 aliphatic heterocycles. The monoisotopic (exact) mass is 284 g/mol. The maximum Gasteiger partial charge on any atom is 0.235 e. The molecule has 1 amide bonds. The van der Waals surface area contributed by atoms with E-state index in [1.807, 2.05) is 13.0 Å². The van der Waals surface area contributed by atoms with Crippen molar-refractivity contribution in [3.63, 3.8) is 0 Å². The van der Waals surface area contributed by atoms with E-state index in [4.69, 9.17) is 0 Å². The molecule has 0 atom stereocenters. The molecule has 1 aliphatic carbocycles. The number of aromatic nitrogens is 1. The van der Waals surface area contributed by atoms with E-state index in [0.717, 1.165) is 12.1 Å². The van der Waals surface area contributed by atoms with Crippen LogP contribution in [0.5, 0.6) is 0 Å². The average Bonchev–Trinajstić information content (AvgIpc) is 2.39. The molecule has 0 radical (unpaired) electrons. The summed E-state index contributed by atoms with van der Waals surface area (Å²) in [5.74, 6) is -0.442. The standard InChI is InChI=1S/C17H17FN2O/c1-12-11-13(7-10-19-12)20-16(21)17(8-4-9-17)14-5-2-3-6-15(14)18/h2-3,5-7,10-11H,4,8-9H2,1H3,(H,19,20,21). The smallest absolute Gasteiger partial charge is 0.235 e. The van der Waals surface area contributed by atoms with Gasteiger partial charge in [-0.2, -0.15) is 0 Å². The van der Waals surface area contributed by atoms with Gasteiger partial charge in [0, 0.05) is 23.1 Å². The number of aryl methyl sites for hydroxylation is 1. The molecule has 0 saturated heterocycles. The fourth-order valence-electron chi connectivity index (χ4n) is 2.87. The number of hydrogen-bond donors (Lipinski definition) is 1. The third-order valence-corrected chi connectivity index (χ3v) is 4.19. The van der Waals surface area contributed by atoms with Crippen LogP contribution in [0.15, 0.2) is 42.6 Å². The van der Waals surface area contributed by atoms with Crippen LogP contribution in [-0.2, 0) is 10.2 Å². The SMILES string of the molecule is Cc1cc(NC(=O)C2(c3ccccc3F)CCC2)ccn1. The van der Waals surface area contributed by atoms with Crippen LogP contribution in [-0.4, -0.2) is 10.9 Å². The van der Waals surface area contributed by atoms with Gasteiger partial charge in [-0.05, 0) is 38.0 Å². The number of benzene rings is 1. The maximum atomic E-state index is 14.1. The molecule has 108 valence electrons. The molecule has 1 aromatic carbocycles. The van der Waals surface area contributed by atoms with E-state index in [2.05, 4.69) is 10.3 Å². The minimum absolute atomic E-state index is 0.135. The topological polar surface area (TPSA) is 42.0 Å². The molecule has 0 unspecified atom stereocenters. The van der Waals surface area contributed by atoms with Gasteiger partial charge in [0.05, 0.1) is 5.41 Å². The van der Waals surface area contributed by atoms with Gasteiger partial charge in [-0.15, -0.1) is 0 Å². The Hall–Kier alpha value is -2.23. The quantitative estimate of drug-likeness (QED) is 0.936. The van der Waals surface area contributed by atoms with Crippen LogP contribution in [0.2, 0.25) is 0 Å². The van der Waals surface area contributed by atoms with Crippen LogP contribution in [0.3, 0.4) is 0 Å². The summed E-state index contributed by atoms with van der Waals surface area (Å²) in [5.41, 5.74) is 1.30. The van der Waals surface area contributed by atoms with Gasteiger partial charge >= 0.3 is 0 Å². The van der Waals surface area contributed by atoms with Gasteiger partial charge in [0.2, 0.25) is 5.91 Å². The Kier molecular flexibility index (Phi) is 3.45. The molecule has 1 fully saturated rings. The first-order valence-electron chi connectivity index (χ1n) is 7.11. The summed E-state index contributed by atoms with van der Waals surface area (Å²) in [6.07, 6.45) is 3.96. The molecule has 0 spiro atoms. The number of pyridine rings is 1. The molecule has 0 bridgehead atoms. The number of anilines is 1. The third-order valence-electron chi connectivity index (χ3n) is 4.19. The Morgan fingerprint density at radius 1 is 1.29 bits per heavy atom. The largest absolute Gasteiger partial charge is 0.325 e. The fraction of sp³-hybridized carbons (Fsp3) is 0.294. The number of carbonyl (C=O) groups excluding carboxylic acids is 1. The second-order valence-electron chi connectivity index (χ2n) is 5.56. The lowest BCUT2D eigenvalue weighted by molar-refractivity contribution is -0.124. The molecule has 21 heavy (non-hydrogen) atoms. The number of amides is 1. The molecule has 3 nitrogen and oxygen atoms in total. The van der Waals surface area contributed by atoms with Gasteiger partial charge in [0.25, 0.3) is 0 Å². The minimum atomic E-state index is -0.734. The van der Waals surface area contributed by atoms with Crippen molar-refractivity contribution in [3.05, 3.63) is 59.7 Å². The van der Waals surface area contributed by atoms with Crippen LogP contribution in [0, 0.1) is 12.7 Å². The van der Waals surface area contributed by atoms with E-state index in [1.54, 1.807) is 30.5 Å². The molecule has 1 aromatic heterocycles. The Morgan fingerprint density at radius 3 is 2.67 bits per heavy atom. The van der Waals surface area contributed by atoms with Crippen molar-refractivity contribution in [1.82, 2.24) is 4.98 Å². The van der Waals surface area contributed by atoms with Crippen molar-refractivity contribution in [1.29, 1.82) is 0 Å². The van der Waals surface area contributed by atoms with Crippen molar-refractivity contribution in [3.8, 4) is 0 Å². The molecule has 3 rings (SSSR count). The lowest BCUT2D eigenvalue weighted by atomic mass is 9.63. The predicted octanol–water partition coefficient (Wildman–Crippen LogP) is 3.59. The Morgan fingerprint density at radius 2 is 2.05 bits per heavy atom. The lowest BCUT2D eigenvalue weighted by Gasteiger charge is -2.40. The highest BCUT2D eigenvalue weighted by Gasteiger charge is 2.47. The molecule has 1 heterocycles. The Balaban J connectivity index is 1.90. The highest BCUT2D eigenvalue weighted by atomic mass is 19.1. The normalized spacial score (nSPS) is 16.1.